The van der Waals surface area contributed by atoms with E-state index < -0.39 is 0 Å². The molecule has 1 amide bonds. The molecule has 2 rings (SSSR count). The maximum atomic E-state index is 12.6. The molecule has 5 heteroatoms. The monoisotopic (exact) mass is 441 g/mol. The SMILES string of the molecule is CCCCC(CC)COC(=O)CCSc1cc(C(=O)N(C)C)cc(-c2ccccc2)c1. The fraction of sp³-hybridized carbons (Fsp3) is 0.462. The molecule has 0 fully saturated rings. The Hall–Kier alpha value is -2.27. The fourth-order valence-electron chi connectivity index (χ4n) is 3.29. The van der Waals surface area contributed by atoms with E-state index in [1.54, 1.807) is 30.8 Å². The Morgan fingerprint density at radius 3 is 2.42 bits per heavy atom. The highest BCUT2D eigenvalue weighted by molar-refractivity contribution is 7.99. The van der Waals surface area contributed by atoms with Crippen molar-refractivity contribution < 1.29 is 14.3 Å². The van der Waals surface area contributed by atoms with Gasteiger partial charge in [-0.1, -0.05) is 63.4 Å². The van der Waals surface area contributed by atoms with Gasteiger partial charge in [-0.05, 0) is 41.7 Å². The number of benzene rings is 2. The smallest absolute Gasteiger partial charge is 0.306 e. The fourth-order valence-corrected chi connectivity index (χ4v) is 4.22. The Bertz CT molecular complexity index is 836. The number of rotatable bonds is 12. The Labute approximate surface area is 191 Å². The van der Waals surface area contributed by atoms with Crippen LogP contribution in [-0.4, -0.2) is 43.2 Å². The molecule has 2 aromatic rings. The summed E-state index contributed by atoms with van der Waals surface area (Å²) in [7, 11) is 3.51. The van der Waals surface area contributed by atoms with Gasteiger partial charge < -0.3 is 9.64 Å². The van der Waals surface area contributed by atoms with Gasteiger partial charge >= 0.3 is 5.97 Å². The lowest BCUT2D eigenvalue weighted by atomic mass is 10.0. The van der Waals surface area contributed by atoms with E-state index in [0.717, 1.165) is 28.9 Å². The highest BCUT2D eigenvalue weighted by atomic mass is 32.2. The number of nitrogens with zero attached hydrogens (tertiary/aromatic N) is 1. The number of hydrogen-bond donors (Lipinski definition) is 0. The summed E-state index contributed by atoms with van der Waals surface area (Å²) in [6, 6.07) is 15.9. The highest BCUT2D eigenvalue weighted by Gasteiger charge is 2.13. The van der Waals surface area contributed by atoms with Crippen LogP contribution in [0.2, 0.25) is 0 Å². The van der Waals surface area contributed by atoms with Crippen LogP contribution in [0, 0.1) is 5.92 Å². The summed E-state index contributed by atoms with van der Waals surface area (Å²) in [5.41, 5.74) is 2.72. The summed E-state index contributed by atoms with van der Waals surface area (Å²) in [5, 5.41) is 0. The summed E-state index contributed by atoms with van der Waals surface area (Å²) >= 11 is 1.58. The second-order valence-electron chi connectivity index (χ2n) is 8.01. The number of thioether (sulfide) groups is 1. The predicted molar refractivity (Wildman–Crippen MR) is 130 cm³/mol. The maximum absolute atomic E-state index is 12.6. The number of amides is 1. The molecule has 2 aromatic carbocycles. The second kappa shape index (κ2) is 13.2. The number of unbranched alkanes of at least 4 members (excludes halogenated alkanes) is 1. The molecule has 0 aliphatic rings. The molecule has 168 valence electrons. The van der Waals surface area contributed by atoms with Crippen LogP contribution in [-0.2, 0) is 9.53 Å². The van der Waals surface area contributed by atoms with Gasteiger partial charge in [-0.2, -0.15) is 0 Å². The van der Waals surface area contributed by atoms with Crippen molar-refractivity contribution in [2.75, 3.05) is 26.5 Å². The molecule has 0 radical (unpaired) electrons. The summed E-state index contributed by atoms with van der Waals surface area (Å²) in [4.78, 5) is 27.3. The summed E-state index contributed by atoms with van der Waals surface area (Å²) in [6.07, 6.45) is 4.86. The molecular formula is C26H35NO3S. The van der Waals surface area contributed by atoms with Crippen molar-refractivity contribution in [3.63, 3.8) is 0 Å². The first-order valence-corrected chi connectivity index (χ1v) is 12.1. The van der Waals surface area contributed by atoms with Crippen LogP contribution in [0.1, 0.15) is 56.3 Å². The van der Waals surface area contributed by atoms with E-state index in [9.17, 15) is 9.59 Å². The molecule has 0 saturated heterocycles. The number of ether oxygens (including phenoxy) is 1. The van der Waals surface area contributed by atoms with Crippen LogP contribution >= 0.6 is 11.8 Å². The van der Waals surface area contributed by atoms with Crippen LogP contribution < -0.4 is 0 Å². The van der Waals surface area contributed by atoms with Crippen LogP contribution in [0.15, 0.2) is 53.4 Å². The largest absolute Gasteiger partial charge is 0.465 e. The van der Waals surface area contributed by atoms with Crippen LogP contribution in [0.4, 0.5) is 0 Å². The van der Waals surface area contributed by atoms with Crippen molar-refractivity contribution in [3.8, 4) is 11.1 Å². The van der Waals surface area contributed by atoms with Crippen molar-refractivity contribution in [2.45, 2.75) is 50.8 Å². The van der Waals surface area contributed by atoms with Gasteiger partial charge in [-0.25, -0.2) is 0 Å². The zero-order valence-electron chi connectivity index (χ0n) is 19.2. The molecule has 0 aromatic heterocycles. The molecule has 0 aliphatic carbocycles. The topological polar surface area (TPSA) is 46.6 Å². The average Bonchev–Trinajstić information content (AvgIpc) is 2.79. The van der Waals surface area contributed by atoms with Crippen molar-refractivity contribution >= 4 is 23.6 Å². The third-order valence-corrected chi connectivity index (χ3v) is 6.24. The molecule has 0 aliphatic heterocycles. The Kier molecular flexibility index (Phi) is 10.6. The zero-order valence-corrected chi connectivity index (χ0v) is 20.0. The Morgan fingerprint density at radius 1 is 1.03 bits per heavy atom. The van der Waals surface area contributed by atoms with E-state index in [0.29, 0.717) is 30.3 Å². The maximum Gasteiger partial charge on any atom is 0.306 e. The summed E-state index contributed by atoms with van der Waals surface area (Å²) in [6.45, 7) is 4.85. The third-order valence-electron chi connectivity index (χ3n) is 5.26. The minimum absolute atomic E-state index is 0.0308. The van der Waals surface area contributed by atoms with E-state index >= 15 is 0 Å². The van der Waals surface area contributed by atoms with E-state index in [4.69, 9.17) is 4.74 Å². The van der Waals surface area contributed by atoms with Crippen molar-refractivity contribution in [1.29, 1.82) is 0 Å². The molecule has 1 unspecified atom stereocenters. The number of carbonyl (C=O) groups is 2. The molecule has 0 spiro atoms. The van der Waals surface area contributed by atoms with Gasteiger partial charge in [0, 0.05) is 30.3 Å². The van der Waals surface area contributed by atoms with Gasteiger partial charge in [0.05, 0.1) is 13.0 Å². The van der Waals surface area contributed by atoms with Gasteiger partial charge in [-0.3, -0.25) is 9.59 Å². The molecule has 0 saturated carbocycles. The third kappa shape index (κ3) is 8.41. The van der Waals surface area contributed by atoms with E-state index in [2.05, 4.69) is 19.9 Å². The molecule has 0 heterocycles. The lowest BCUT2D eigenvalue weighted by Gasteiger charge is -2.15. The standard InChI is InChI=1S/C26H35NO3S/c1-5-7-11-20(6-2)19-30-25(28)14-15-31-24-17-22(21-12-9-8-10-13-21)16-23(18-24)26(29)27(3)4/h8-10,12-13,16-18,20H,5-7,11,14-15,19H2,1-4H3. The first kappa shape index (κ1) is 25.0. The molecule has 31 heavy (non-hydrogen) atoms. The van der Waals surface area contributed by atoms with Crippen molar-refractivity contribution in [2.24, 2.45) is 5.92 Å². The van der Waals surface area contributed by atoms with Crippen molar-refractivity contribution in [1.82, 2.24) is 4.90 Å². The van der Waals surface area contributed by atoms with Crippen LogP contribution in [0.3, 0.4) is 0 Å². The minimum atomic E-state index is -0.147. The van der Waals surface area contributed by atoms with Gasteiger partial charge in [0.25, 0.3) is 5.91 Å². The number of carbonyl (C=O) groups excluding carboxylic acids is 2. The van der Waals surface area contributed by atoms with E-state index in [1.165, 1.54) is 12.8 Å². The number of esters is 1. The van der Waals surface area contributed by atoms with Crippen molar-refractivity contribution in [3.05, 3.63) is 54.1 Å². The molecule has 4 nitrogen and oxygen atoms in total. The second-order valence-corrected chi connectivity index (χ2v) is 9.18. The number of hydrogen-bond acceptors (Lipinski definition) is 4. The van der Waals surface area contributed by atoms with Crippen LogP contribution in [0.25, 0.3) is 11.1 Å². The van der Waals surface area contributed by atoms with E-state index in [1.807, 2.05) is 42.5 Å². The molecule has 1 atom stereocenters. The van der Waals surface area contributed by atoms with Gasteiger partial charge in [-0.15, -0.1) is 11.8 Å². The summed E-state index contributed by atoms with van der Waals surface area (Å²) < 4.78 is 5.50. The summed E-state index contributed by atoms with van der Waals surface area (Å²) in [5.74, 6) is 0.903. The minimum Gasteiger partial charge on any atom is -0.465 e. The first-order valence-electron chi connectivity index (χ1n) is 11.1. The zero-order chi connectivity index (χ0) is 22.6. The van der Waals surface area contributed by atoms with Crippen LogP contribution in [0.5, 0.6) is 0 Å². The molecule has 0 N–H and O–H groups in total. The Morgan fingerprint density at radius 2 is 1.77 bits per heavy atom. The molecule has 0 bridgehead atoms. The average molecular weight is 442 g/mol. The van der Waals surface area contributed by atoms with Gasteiger partial charge in [0.2, 0.25) is 0 Å². The van der Waals surface area contributed by atoms with Gasteiger partial charge in [0.1, 0.15) is 0 Å². The van der Waals surface area contributed by atoms with E-state index in [-0.39, 0.29) is 11.9 Å². The first-order chi connectivity index (χ1) is 14.9. The van der Waals surface area contributed by atoms with Gasteiger partial charge in [0.15, 0.2) is 0 Å². The highest BCUT2D eigenvalue weighted by Crippen LogP contribution is 2.29. The quantitative estimate of drug-likeness (QED) is 0.286. The Balaban J connectivity index is 1.99. The predicted octanol–water partition coefficient (Wildman–Crippen LogP) is 6.30. The lowest BCUT2D eigenvalue weighted by molar-refractivity contribution is -0.144. The normalized spacial score (nSPS) is 11.7. The lowest BCUT2D eigenvalue weighted by Crippen LogP contribution is -2.21. The molecular weight excluding hydrogens is 406 g/mol.